The van der Waals surface area contributed by atoms with Gasteiger partial charge in [-0.25, -0.2) is 0 Å². The molecule has 0 aromatic heterocycles. The van der Waals surface area contributed by atoms with Gasteiger partial charge in [0.2, 0.25) is 0 Å². The lowest BCUT2D eigenvalue weighted by Gasteiger charge is -2.11. The Balaban J connectivity index is 2.15. The van der Waals surface area contributed by atoms with Crippen LogP contribution in [0.5, 0.6) is 11.5 Å². The molecule has 0 aliphatic rings. The van der Waals surface area contributed by atoms with Crippen LogP contribution in [0.2, 0.25) is 0 Å². The van der Waals surface area contributed by atoms with Crippen LogP contribution in [0.3, 0.4) is 0 Å². The first kappa shape index (κ1) is 14.9. The molecule has 0 atom stereocenters. The fourth-order valence-electron chi connectivity index (χ4n) is 1.67. The molecule has 2 aromatic rings. The number of hydrogen-bond donors (Lipinski definition) is 0. The van der Waals surface area contributed by atoms with Crippen molar-refractivity contribution in [2.24, 2.45) is 0 Å². The molecule has 0 unspecified atom stereocenters. The molecule has 0 fully saturated rings. The molecule has 0 N–H and O–H groups in total. The summed E-state index contributed by atoms with van der Waals surface area (Å²) in [6, 6.07) is 13.1. The van der Waals surface area contributed by atoms with Crippen LogP contribution in [0.25, 0.3) is 0 Å². The predicted molar refractivity (Wildman–Crippen MR) is 83.9 cm³/mol. The summed E-state index contributed by atoms with van der Waals surface area (Å²) in [5, 5.41) is 8.87. The molecule has 0 bridgehead atoms. The maximum Gasteiger partial charge on any atom is 0.135 e. The van der Waals surface area contributed by atoms with E-state index in [2.05, 4.69) is 37.9 Å². The van der Waals surface area contributed by atoms with Crippen molar-refractivity contribution < 1.29 is 9.47 Å². The summed E-state index contributed by atoms with van der Waals surface area (Å²) < 4.78 is 12.6. The van der Waals surface area contributed by atoms with Crippen molar-refractivity contribution in [2.75, 3.05) is 7.11 Å². The molecule has 0 heterocycles. The summed E-state index contributed by atoms with van der Waals surface area (Å²) in [6.07, 6.45) is 0. The van der Waals surface area contributed by atoms with Crippen LogP contribution in [-0.2, 0) is 6.61 Å². The van der Waals surface area contributed by atoms with Gasteiger partial charge >= 0.3 is 0 Å². The Morgan fingerprint density at radius 3 is 2.50 bits per heavy atom. The molecular weight excluding hydrogens is 386 g/mol. The molecule has 0 saturated heterocycles. The van der Waals surface area contributed by atoms with E-state index in [-0.39, 0.29) is 0 Å². The molecule has 0 aliphatic heterocycles. The van der Waals surface area contributed by atoms with Crippen molar-refractivity contribution in [3.8, 4) is 17.6 Å². The second-order valence-electron chi connectivity index (χ2n) is 4.02. The fraction of sp³-hybridized carbons (Fsp3) is 0.133. The van der Waals surface area contributed by atoms with E-state index < -0.39 is 0 Å². The summed E-state index contributed by atoms with van der Waals surface area (Å²) in [5.41, 5.74) is 1.57. The largest absolute Gasteiger partial charge is 0.496 e. The Hall–Kier alpha value is -1.51. The summed E-state index contributed by atoms with van der Waals surface area (Å²) in [6.45, 7) is 0.396. The van der Waals surface area contributed by atoms with Gasteiger partial charge in [0, 0.05) is 0 Å². The van der Waals surface area contributed by atoms with Gasteiger partial charge in [0.25, 0.3) is 0 Å². The van der Waals surface area contributed by atoms with Gasteiger partial charge in [-0.2, -0.15) is 5.26 Å². The van der Waals surface area contributed by atoms with Crippen molar-refractivity contribution in [3.05, 3.63) is 56.5 Å². The monoisotopic (exact) mass is 395 g/mol. The molecule has 2 rings (SSSR count). The van der Waals surface area contributed by atoms with Crippen LogP contribution in [0.15, 0.2) is 45.3 Å². The number of benzene rings is 2. The highest BCUT2D eigenvalue weighted by Crippen LogP contribution is 2.36. The molecule has 102 valence electrons. The van der Waals surface area contributed by atoms with Crippen molar-refractivity contribution >= 4 is 31.9 Å². The molecular formula is C15H11Br2NO2. The molecule has 0 amide bonds. The SMILES string of the molecule is COc1cc(Br)c(OCc2cccc(C#N)c2)cc1Br. The number of halogens is 2. The fourth-order valence-corrected chi connectivity index (χ4v) is 2.59. The van der Waals surface area contributed by atoms with Crippen LogP contribution in [0, 0.1) is 11.3 Å². The average molecular weight is 397 g/mol. The van der Waals surface area contributed by atoms with Gasteiger partial charge in [-0.05, 0) is 61.7 Å². The Morgan fingerprint density at radius 1 is 1.10 bits per heavy atom. The van der Waals surface area contributed by atoms with Gasteiger partial charge in [-0.15, -0.1) is 0 Å². The maximum absolute atomic E-state index is 8.87. The van der Waals surface area contributed by atoms with Crippen molar-refractivity contribution in [2.45, 2.75) is 6.61 Å². The Labute approximate surface area is 134 Å². The molecule has 20 heavy (non-hydrogen) atoms. The van der Waals surface area contributed by atoms with Crippen molar-refractivity contribution in [1.29, 1.82) is 5.26 Å². The molecule has 2 aromatic carbocycles. The number of nitriles is 1. The minimum atomic E-state index is 0.396. The van der Waals surface area contributed by atoms with E-state index in [1.165, 1.54) is 0 Å². The molecule has 0 radical (unpaired) electrons. The summed E-state index contributed by atoms with van der Waals surface area (Å²) in [5.74, 6) is 1.44. The maximum atomic E-state index is 8.87. The van der Waals surface area contributed by atoms with Crippen molar-refractivity contribution in [1.82, 2.24) is 0 Å². The van der Waals surface area contributed by atoms with E-state index >= 15 is 0 Å². The molecule has 3 nitrogen and oxygen atoms in total. The quantitative estimate of drug-likeness (QED) is 0.753. The first-order valence-corrected chi connectivity index (χ1v) is 7.37. The zero-order valence-electron chi connectivity index (χ0n) is 10.7. The third-order valence-corrected chi connectivity index (χ3v) is 3.90. The van der Waals surface area contributed by atoms with Crippen LogP contribution >= 0.6 is 31.9 Å². The Kier molecular flexibility index (Phi) is 5.05. The van der Waals surface area contributed by atoms with Gasteiger partial charge in [0.05, 0.1) is 27.7 Å². The first-order valence-electron chi connectivity index (χ1n) is 5.79. The van der Waals surface area contributed by atoms with Gasteiger partial charge in [0.1, 0.15) is 18.1 Å². The van der Waals surface area contributed by atoms with E-state index in [0.29, 0.717) is 17.9 Å². The molecule has 5 heteroatoms. The number of nitrogens with zero attached hydrogens (tertiary/aromatic N) is 1. The van der Waals surface area contributed by atoms with E-state index in [9.17, 15) is 0 Å². The second kappa shape index (κ2) is 6.78. The molecule has 0 spiro atoms. The third kappa shape index (κ3) is 3.53. The zero-order chi connectivity index (χ0) is 14.5. The summed E-state index contributed by atoms with van der Waals surface area (Å²) in [7, 11) is 1.61. The molecule has 0 saturated carbocycles. The number of rotatable bonds is 4. The van der Waals surface area contributed by atoms with E-state index in [1.54, 1.807) is 13.2 Å². The lowest BCUT2D eigenvalue weighted by Crippen LogP contribution is -1.97. The standard InChI is InChI=1S/C15H11Br2NO2/c1-19-14-6-13(17)15(7-12(14)16)20-9-11-4-2-3-10(5-11)8-18/h2-7H,9H2,1H3. The third-order valence-electron chi connectivity index (χ3n) is 2.66. The van der Waals surface area contributed by atoms with Crippen LogP contribution in [0.1, 0.15) is 11.1 Å². The smallest absolute Gasteiger partial charge is 0.135 e. The summed E-state index contributed by atoms with van der Waals surface area (Å²) >= 11 is 6.87. The minimum absolute atomic E-state index is 0.396. The average Bonchev–Trinajstić information content (AvgIpc) is 2.48. The first-order chi connectivity index (χ1) is 9.63. The van der Waals surface area contributed by atoms with Gasteiger partial charge < -0.3 is 9.47 Å². The molecule has 0 aliphatic carbocycles. The van der Waals surface area contributed by atoms with E-state index in [0.717, 1.165) is 20.3 Å². The lowest BCUT2D eigenvalue weighted by atomic mass is 10.1. The normalized spacial score (nSPS) is 9.90. The van der Waals surface area contributed by atoms with Gasteiger partial charge in [-0.3, -0.25) is 0 Å². The highest BCUT2D eigenvalue weighted by atomic mass is 79.9. The topological polar surface area (TPSA) is 42.2 Å². The van der Waals surface area contributed by atoms with Crippen LogP contribution in [0.4, 0.5) is 0 Å². The van der Waals surface area contributed by atoms with Crippen LogP contribution < -0.4 is 9.47 Å². The number of ether oxygens (including phenoxy) is 2. The van der Waals surface area contributed by atoms with Gasteiger partial charge in [-0.1, -0.05) is 12.1 Å². The number of hydrogen-bond acceptors (Lipinski definition) is 3. The predicted octanol–water partition coefficient (Wildman–Crippen LogP) is 4.67. The van der Waals surface area contributed by atoms with E-state index in [1.807, 2.05) is 30.3 Å². The van der Waals surface area contributed by atoms with Crippen LogP contribution in [-0.4, -0.2) is 7.11 Å². The number of methoxy groups -OCH3 is 1. The van der Waals surface area contributed by atoms with Gasteiger partial charge in [0.15, 0.2) is 0 Å². The second-order valence-corrected chi connectivity index (χ2v) is 5.73. The minimum Gasteiger partial charge on any atom is -0.496 e. The summed E-state index contributed by atoms with van der Waals surface area (Å²) in [4.78, 5) is 0. The zero-order valence-corrected chi connectivity index (χ0v) is 13.9. The highest BCUT2D eigenvalue weighted by Gasteiger charge is 2.08. The lowest BCUT2D eigenvalue weighted by molar-refractivity contribution is 0.303. The van der Waals surface area contributed by atoms with E-state index in [4.69, 9.17) is 14.7 Å². The highest BCUT2D eigenvalue weighted by molar-refractivity contribution is 9.11. The van der Waals surface area contributed by atoms with Crippen molar-refractivity contribution in [3.63, 3.8) is 0 Å². The Bertz CT molecular complexity index is 665. The Morgan fingerprint density at radius 2 is 1.80 bits per heavy atom.